The van der Waals surface area contributed by atoms with E-state index in [0.717, 1.165) is 64.8 Å². The van der Waals surface area contributed by atoms with E-state index in [1.54, 1.807) is 0 Å². The molecule has 0 bridgehead atoms. The van der Waals surface area contributed by atoms with Gasteiger partial charge in [0.1, 0.15) is 0 Å². The van der Waals surface area contributed by atoms with Crippen molar-refractivity contribution in [3.63, 3.8) is 0 Å². The molecule has 6 heteroatoms. The van der Waals surface area contributed by atoms with Gasteiger partial charge in [0.2, 0.25) is 0 Å². The molecule has 0 aliphatic carbocycles. The third-order valence-corrected chi connectivity index (χ3v) is 5.97. The van der Waals surface area contributed by atoms with Crippen LogP contribution in [0.25, 0.3) is 0 Å². The number of likely N-dealkylation sites (tertiary alicyclic amines) is 2. The quantitative estimate of drug-likeness (QED) is 0.898. The van der Waals surface area contributed by atoms with Crippen molar-refractivity contribution < 1.29 is 9.53 Å². The van der Waals surface area contributed by atoms with Crippen LogP contribution in [0.4, 0.5) is 4.79 Å². The number of pyridine rings is 1. The van der Waals surface area contributed by atoms with Gasteiger partial charge >= 0.3 is 6.03 Å². The van der Waals surface area contributed by atoms with Crippen molar-refractivity contribution in [2.75, 3.05) is 32.7 Å². The minimum atomic E-state index is -0.0243. The molecular weight excluding hydrogens is 328 g/mol. The molecule has 2 amide bonds. The van der Waals surface area contributed by atoms with Gasteiger partial charge in [0.05, 0.1) is 11.7 Å². The second-order valence-electron chi connectivity index (χ2n) is 8.02. The summed E-state index contributed by atoms with van der Waals surface area (Å²) in [6, 6.07) is 4.21. The first-order chi connectivity index (χ1) is 12.7. The van der Waals surface area contributed by atoms with Crippen molar-refractivity contribution in [3.8, 4) is 0 Å². The van der Waals surface area contributed by atoms with E-state index in [1.807, 2.05) is 23.4 Å². The molecule has 3 saturated heterocycles. The number of carbonyl (C=O) groups is 1. The Balaban J connectivity index is 1.27. The first-order valence-electron chi connectivity index (χ1n) is 10.0. The molecule has 2 atom stereocenters. The van der Waals surface area contributed by atoms with Gasteiger partial charge in [-0.15, -0.1) is 0 Å². The van der Waals surface area contributed by atoms with E-state index >= 15 is 0 Å². The lowest BCUT2D eigenvalue weighted by atomic mass is 9.90. The van der Waals surface area contributed by atoms with Crippen LogP contribution in [0, 0.1) is 0 Å². The van der Waals surface area contributed by atoms with E-state index in [-0.39, 0.29) is 17.7 Å². The molecule has 0 unspecified atom stereocenters. The smallest absolute Gasteiger partial charge is 0.317 e. The van der Waals surface area contributed by atoms with E-state index in [2.05, 4.69) is 21.3 Å². The molecule has 3 aliphatic heterocycles. The fourth-order valence-corrected chi connectivity index (χ4v) is 4.61. The summed E-state index contributed by atoms with van der Waals surface area (Å²) < 4.78 is 6.53. The number of urea groups is 1. The maximum absolute atomic E-state index is 12.2. The Kier molecular flexibility index (Phi) is 5.41. The molecule has 1 spiro atoms. The van der Waals surface area contributed by atoms with E-state index in [1.165, 1.54) is 12.0 Å². The SMILES string of the molecule is O=C(NC[C@@H]1CCC[C@]2(CCN(Cc3cccnc3)C2)O1)N1CCCC1. The highest BCUT2D eigenvalue weighted by atomic mass is 16.5. The molecule has 142 valence electrons. The molecule has 4 heterocycles. The molecule has 4 rings (SSSR count). The summed E-state index contributed by atoms with van der Waals surface area (Å²) in [5, 5.41) is 3.09. The Hall–Kier alpha value is -1.66. The number of amides is 2. The van der Waals surface area contributed by atoms with Gasteiger partial charge in [-0.25, -0.2) is 4.79 Å². The average molecular weight is 358 g/mol. The minimum absolute atomic E-state index is 0.0243. The zero-order valence-electron chi connectivity index (χ0n) is 15.5. The molecule has 3 aliphatic rings. The zero-order valence-corrected chi connectivity index (χ0v) is 15.5. The Labute approximate surface area is 155 Å². The monoisotopic (exact) mass is 358 g/mol. The minimum Gasteiger partial charge on any atom is -0.369 e. The highest BCUT2D eigenvalue weighted by molar-refractivity contribution is 5.74. The van der Waals surface area contributed by atoms with Gasteiger partial charge in [-0.3, -0.25) is 9.88 Å². The van der Waals surface area contributed by atoms with Crippen molar-refractivity contribution in [2.45, 2.75) is 56.8 Å². The van der Waals surface area contributed by atoms with Crippen molar-refractivity contribution in [2.24, 2.45) is 0 Å². The second kappa shape index (κ2) is 7.92. The van der Waals surface area contributed by atoms with Gasteiger partial charge in [-0.05, 0) is 50.2 Å². The van der Waals surface area contributed by atoms with Gasteiger partial charge in [0, 0.05) is 51.7 Å². The molecule has 26 heavy (non-hydrogen) atoms. The molecular formula is C20H30N4O2. The summed E-state index contributed by atoms with van der Waals surface area (Å²) in [7, 11) is 0. The molecule has 6 nitrogen and oxygen atoms in total. The molecule has 1 aromatic rings. The van der Waals surface area contributed by atoms with Crippen LogP contribution in [0.15, 0.2) is 24.5 Å². The molecule has 0 radical (unpaired) electrons. The summed E-state index contributed by atoms with van der Waals surface area (Å²) in [6.07, 6.45) is 10.6. The summed E-state index contributed by atoms with van der Waals surface area (Å²) in [4.78, 5) is 20.8. The topological polar surface area (TPSA) is 57.7 Å². The average Bonchev–Trinajstić information content (AvgIpc) is 3.32. The third-order valence-electron chi connectivity index (χ3n) is 5.97. The Morgan fingerprint density at radius 3 is 2.96 bits per heavy atom. The highest BCUT2D eigenvalue weighted by Crippen LogP contribution is 2.37. The molecule has 1 N–H and O–H groups in total. The number of rotatable bonds is 4. The first-order valence-corrected chi connectivity index (χ1v) is 10.0. The number of hydrogen-bond donors (Lipinski definition) is 1. The Morgan fingerprint density at radius 2 is 2.15 bits per heavy atom. The van der Waals surface area contributed by atoms with Crippen molar-refractivity contribution in [3.05, 3.63) is 30.1 Å². The van der Waals surface area contributed by atoms with Gasteiger partial charge in [-0.2, -0.15) is 0 Å². The lowest BCUT2D eigenvalue weighted by Gasteiger charge is -2.39. The van der Waals surface area contributed by atoms with Crippen LogP contribution in [-0.2, 0) is 11.3 Å². The molecule has 1 aromatic heterocycles. The molecule has 3 fully saturated rings. The van der Waals surface area contributed by atoms with Crippen molar-refractivity contribution in [1.82, 2.24) is 20.1 Å². The van der Waals surface area contributed by atoms with Crippen LogP contribution in [0.2, 0.25) is 0 Å². The fourth-order valence-electron chi connectivity index (χ4n) is 4.61. The summed E-state index contributed by atoms with van der Waals surface area (Å²) in [5.74, 6) is 0. The van der Waals surface area contributed by atoms with Gasteiger partial charge in [-0.1, -0.05) is 6.07 Å². The van der Waals surface area contributed by atoms with Crippen LogP contribution in [-0.4, -0.2) is 65.2 Å². The predicted molar refractivity (Wildman–Crippen MR) is 99.8 cm³/mol. The summed E-state index contributed by atoms with van der Waals surface area (Å²) in [6.45, 7) is 5.42. The van der Waals surface area contributed by atoms with Crippen LogP contribution in [0.3, 0.4) is 0 Å². The number of ether oxygens (including phenoxy) is 1. The number of nitrogens with zero attached hydrogens (tertiary/aromatic N) is 3. The summed E-state index contributed by atoms with van der Waals surface area (Å²) in [5.41, 5.74) is 1.23. The maximum atomic E-state index is 12.2. The first kappa shape index (κ1) is 17.7. The van der Waals surface area contributed by atoms with Crippen LogP contribution >= 0.6 is 0 Å². The molecule has 0 aromatic carbocycles. The number of aromatic nitrogens is 1. The number of carbonyl (C=O) groups excluding carboxylic acids is 1. The normalized spacial score (nSPS) is 29.4. The lowest BCUT2D eigenvalue weighted by Crippen LogP contribution is -2.48. The predicted octanol–water partition coefficient (Wildman–Crippen LogP) is 2.40. The van der Waals surface area contributed by atoms with Crippen LogP contribution in [0.1, 0.15) is 44.1 Å². The Morgan fingerprint density at radius 1 is 1.27 bits per heavy atom. The van der Waals surface area contributed by atoms with Gasteiger partial charge < -0.3 is 15.0 Å². The maximum Gasteiger partial charge on any atom is 0.317 e. The van der Waals surface area contributed by atoms with Gasteiger partial charge in [0.25, 0.3) is 0 Å². The second-order valence-corrected chi connectivity index (χ2v) is 8.02. The number of hydrogen-bond acceptors (Lipinski definition) is 4. The van der Waals surface area contributed by atoms with E-state index in [0.29, 0.717) is 6.54 Å². The molecule has 0 saturated carbocycles. The highest BCUT2D eigenvalue weighted by Gasteiger charge is 2.42. The van der Waals surface area contributed by atoms with Crippen molar-refractivity contribution >= 4 is 6.03 Å². The fraction of sp³-hybridized carbons (Fsp3) is 0.700. The zero-order chi connectivity index (χ0) is 17.8. The largest absolute Gasteiger partial charge is 0.369 e. The van der Waals surface area contributed by atoms with Crippen molar-refractivity contribution in [1.29, 1.82) is 0 Å². The number of nitrogens with one attached hydrogen (secondary N) is 1. The van der Waals surface area contributed by atoms with E-state index < -0.39 is 0 Å². The van der Waals surface area contributed by atoms with Gasteiger partial charge in [0.15, 0.2) is 0 Å². The van der Waals surface area contributed by atoms with E-state index in [9.17, 15) is 4.79 Å². The van der Waals surface area contributed by atoms with Crippen LogP contribution < -0.4 is 5.32 Å². The Bertz CT molecular complexity index is 605. The summed E-state index contributed by atoms with van der Waals surface area (Å²) >= 11 is 0. The lowest BCUT2D eigenvalue weighted by molar-refractivity contribution is -0.118. The standard InChI is InChI=1S/C20H30N4O2/c25-19(24-10-1-2-11-24)22-14-18-6-3-7-20(26-18)8-12-23(16-20)15-17-5-4-9-21-13-17/h4-5,9,13,18H,1-3,6-8,10-12,14-16H2,(H,22,25)/t18-,20+/m0/s1. The van der Waals surface area contributed by atoms with E-state index in [4.69, 9.17) is 4.74 Å². The van der Waals surface area contributed by atoms with Crippen LogP contribution in [0.5, 0.6) is 0 Å². The third kappa shape index (κ3) is 4.18.